The van der Waals surface area contributed by atoms with Crippen molar-refractivity contribution in [1.82, 2.24) is 5.32 Å². The Morgan fingerprint density at radius 2 is 1.73 bits per heavy atom. The smallest absolute Gasteiger partial charge is 0.261 e. The fourth-order valence-corrected chi connectivity index (χ4v) is 2.40. The number of hydrogen-bond acceptors (Lipinski definition) is 4. The van der Waals surface area contributed by atoms with Crippen LogP contribution in [0.4, 0.5) is 0 Å². The number of methoxy groups -OCH3 is 1. The Hall–Kier alpha value is -2.40. The fraction of sp³-hybridized carbons (Fsp3) is 0.350. The van der Waals surface area contributed by atoms with Gasteiger partial charge in [0.05, 0.1) is 13.2 Å². The summed E-state index contributed by atoms with van der Waals surface area (Å²) in [4.78, 5) is 12.2. The molecular weight excluding hydrogens is 354 g/mol. The predicted octanol–water partition coefficient (Wildman–Crippen LogP) is 4.22. The SMILES string of the molecule is COc1cc(CNC(=O)[C@@H](C)Oc2ccc(Cl)cc2)ccc1OC(C)C. The highest BCUT2D eigenvalue weighted by Gasteiger charge is 2.15. The summed E-state index contributed by atoms with van der Waals surface area (Å²) in [6.07, 6.45) is -0.568. The van der Waals surface area contributed by atoms with Crippen molar-refractivity contribution in [2.45, 2.75) is 39.5 Å². The molecule has 2 rings (SSSR count). The first-order chi connectivity index (χ1) is 12.4. The molecule has 6 heteroatoms. The number of amides is 1. The highest BCUT2D eigenvalue weighted by atomic mass is 35.5. The van der Waals surface area contributed by atoms with Crippen LogP contribution in [0.2, 0.25) is 5.02 Å². The van der Waals surface area contributed by atoms with Gasteiger partial charge in [0, 0.05) is 11.6 Å². The molecule has 0 aliphatic heterocycles. The van der Waals surface area contributed by atoms with Crippen LogP contribution in [0, 0.1) is 0 Å². The average molecular weight is 378 g/mol. The van der Waals surface area contributed by atoms with Crippen molar-refractivity contribution in [3.05, 3.63) is 53.1 Å². The summed E-state index contributed by atoms with van der Waals surface area (Å²) in [5.41, 5.74) is 0.907. The lowest BCUT2D eigenvalue weighted by molar-refractivity contribution is -0.127. The third-order valence-corrected chi connectivity index (χ3v) is 3.81. The van der Waals surface area contributed by atoms with Crippen LogP contribution in [0.25, 0.3) is 0 Å². The van der Waals surface area contributed by atoms with Gasteiger partial charge in [0.15, 0.2) is 17.6 Å². The summed E-state index contributed by atoms with van der Waals surface area (Å²) < 4.78 is 16.7. The zero-order valence-corrected chi connectivity index (χ0v) is 16.2. The Morgan fingerprint density at radius 1 is 1.04 bits per heavy atom. The first-order valence-corrected chi connectivity index (χ1v) is 8.80. The third kappa shape index (κ3) is 5.85. The Balaban J connectivity index is 1.92. The molecule has 1 amide bonds. The normalized spacial score (nSPS) is 11.8. The van der Waals surface area contributed by atoms with E-state index in [1.807, 2.05) is 32.0 Å². The molecule has 0 saturated heterocycles. The van der Waals surface area contributed by atoms with E-state index in [9.17, 15) is 4.79 Å². The summed E-state index contributed by atoms with van der Waals surface area (Å²) >= 11 is 5.84. The maximum atomic E-state index is 12.2. The van der Waals surface area contributed by atoms with E-state index in [0.29, 0.717) is 28.8 Å². The van der Waals surface area contributed by atoms with Crippen LogP contribution < -0.4 is 19.5 Å². The second-order valence-electron chi connectivity index (χ2n) is 6.08. The summed E-state index contributed by atoms with van der Waals surface area (Å²) in [7, 11) is 1.59. The van der Waals surface area contributed by atoms with E-state index < -0.39 is 6.10 Å². The second-order valence-corrected chi connectivity index (χ2v) is 6.52. The monoisotopic (exact) mass is 377 g/mol. The molecule has 0 aliphatic rings. The molecule has 0 aliphatic carbocycles. The minimum atomic E-state index is -0.624. The van der Waals surface area contributed by atoms with Gasteiger partial charge in [-0.2, -0.15) is 0 Å². The molecule has 0 fully saturated rings. The van der Waals surface area contributed by atoms with Crippen molar-refractivity contribution in [1.29, 1.82) is 0 Å². The number of hydrogen-bond donors (Lipinski definition) is 1. The van der Waals surface area contributed by atoms with Crippen LogP contribution in [0.1, 0.15) is 26.3 Å². The van der Waals surface area contributed by atoms with Gasteiger partial charge in [-0.1, -0.05) is 17.7 Å². The lowest BCUT2D eigenvalue weighted by atomic mass is 10.2. The maximum absolute atomic E-state index is 12.2. The van der Waals surface area contributed by atoms with Crippen molar-refractivity contribution < 1.29 is 19.0 Å². The molecule has 2 aromatic rings. The maximum Gasteiger partial charge on any atom is 0.261 e. The van der Waals surface area contributed by atoms with Gasteiger partial charge in [0.2, 0.25) is 0 Å². The molecule has 5 nitrogen and oxygen atoms in total. The van der Waals surface area contributed by atoms with Gasteiger partial charge in [-0.3, -0.25) is 4.79 Å². The Kier molecular flexibility index (Phi) is 7.16. The van der Waals surface area contributed by atoms with Crippen molar-refractivity contribution >= 4 is 17.5 Å². The Bertz CT molecular complexity index is 731. The molecule has 0 unspecified atom stereocenters. The topological polar surface area (TPSA) is 56.8 Å². The van der Waals surface area contributed by atoms with Crippen molar-refractivity contribution in [2.24, 2.45) is 0 Å². The average Bonchev–Trinajstić information content (AvgIpc) is 2.62. The number of ether oxygens (including phenoxy) is 3. The molecule has 0 bridgehead atoms. The number of nitrogens with one attached hydrogen (secondary N) is 1. The van der Waals surface area contributed by atoms with Gasteiger partial charge >= 0.3 is 0 Å². The van der Waals surface area contributed by atoms with Crippen molar-refractivity contribution in [2.75, 3.05) is 7.11 Å². The summed E-state index contributed by atoms with van der Waals surface area (Å²) in [6, 6.07) is 12.5. The zero-order chi connectivity index (χ0) is 19.1. The van der Waals surface area contributed by atoms with Gasteiger partial charge < -0.3 is 19.5 Å². The molecule has 0 spiro atoms. The molecule has 140 valence electrons. The minimum absolute atomic E-state index is 0.0559. The lowest BCUT2D eigenvalue weighted by Crippen LogP contribution is -2.35. The number of benzene rings is 2. The van der Waals surface area contributed by atoms with Gasteiger partial charge in [-0.15, -0.1) is 0 Å². The van der Waals surface area contributed by atoms with E-state index in [0.717, 1.165) is 5.56 Å². The van der Waals surface area contributed by atoms with E-state index in [2.05, 4.69) is 5.32 Å². The van der Waals surface area contributed by atoms with Gasteiger partial charge in [0.25, 0.3) is 5.91 Å². The van der Waals surface area contributed by atoms with Crippen LogP contribution in [0.15, 0.2) is 42.5 Å². The minimum Gasteiger partial charge on any atom is -0.493 e. The zero-order valence-electron chi connectivity index (χ0n) is 15.4. The molecule has 1 N–H and O–H groups in total. The van der Waals surface area contributed by atoms with Gasteiger partial charge in [0.1, 0.15) is 5.75 Å². The van der Waals surface area contributed by atoms with Crippen LogP contribution >= 0.6 is 11.6 Å². The van der Waals surface area contributed by atoms with Gasteiger partial charge in [-0.25, -0.2) is 0 Å². The predicted molar refractivity (Wildman–Crippen MR) is 102 cm³/mol. The van der Waals surface area contributed by atoms with Crippen LogP contribution in [0.5, 0.6) is 17.2 Å². The van der Waals surface area contributed by atoms with Crippen LogP contribution in [0.3, 0.4) is 0 Å². The lowest BCUT2D eigenvalue weighted by Gasteiger charge is -2.16. The number of rotatable bonds is 8. The largest absolute Gasteiger partial charge is 0.493 e. The summed E-state index contributed by atoms with van der Waals surface area (Å²) in [5, 5.41) is 3.47. The van der Waals surface area contributed by atoms with E-state index in [1.54, 1.807) is 38.3 Å². The van der Waals surface area contributed by atoms with Crippen molar-refractivity contribution in [3.8, 4) is 17.2 Å². The molecule has 0 radical (unpaired) electrons. The standard InChI is InChI=1S/C20H24ClNO4/c1-13(2)25-18-10-5-15(11-19(18)24-4)12-22-20(23)14(3)26-17-8-6-16(21)7-9-17/h5-11,13-14H,12H2,1-4H3,(H,22,23)/t14-/m1/s1. The van der Waals surface area contributed by atoms with E-state index in [4.69, 9.17) is 25.8 Å². The fourth-order valence-electron chi connectivity index (χ4n) is 2.28. The summed E-state index contributed by atoms with van der Waals surface area (Å²) in [5.74, 6) is 1.70. The number of carbonyl (C=O) groups is 1. The molecule has 26 heavy (non-hydrogen) atoms. The first-order valence-electron chi connectivity index (χ1n) is 8.42. The molecule has 0 saturated carbocycles. The quantitative estimate of drug-likeness (QED) is 0.748. The molecule has 2 aromatic carbocycles. The molecule has 1 atom stereocenters. The molecule has 0 aromatic heterocycles. The second kappa shape index (κ2) is 9.34. The van der Waals surface area contributed by atoms with E-state index in [-0.39, 0.29) is 12.0 Å². The summed E-state index contributed by atoms with van der Waals surface area (Å²) in [6.45, 7) is 5.97. The highest BCUT2D eigenvalue weighted by molar-refractivity contribution is 6.30. The van der Waals surface area contributed by atoms with Gasteiger partial charge in [-0.05, 0) is 62.7 Å². The number of carbonyl (C=O) groups excluding carboxylic acids is 1. The van der Waals surface area contributed by atoms with E-state index >= 15 is 0 Å². The van der Waals surface area contributed by atoms with E-state index in [1.165, 1.54) is 0 Å². The first kappa shape index (κ1) is 19.9. The molecule has 0 heterocycles. The highest BCUT2D eigenvalue weighted by Crippen LogP contribution is 2.29. The number of halogens is 1. The van der Waals surface area contributed by atoms with Crippen LogP contribution in [-0.4, -0.2) is 25.2 Å². The third-order valence-electron chi connectivity index (χ3n) is 3.55. The molecular formula is C20H24ClNO4. The Morgan fingerprint density at radius 3 is 2.35 bits per heavy atom. The Labute approximate surface area is 159 Å². The van der Waals surface area contributed by atoms with Crippen LogP contribution in [-0.2, 0) is 11.3 Å². The van der Waals surface area contributed by atoms with Crippen molar-refractivity contribution in [3.63, 3.8) is 0 Å².